The molecule has 2 aliphatic rings. The van der Waals surface area contributed by atoms with Crippen molar-refractivity contribution in [2.45, 2.75) is 12.5 Å². The van der Waals surface area contributed by atoms with Crippen molar-refractivity contribution in [3.63, 3.8) is 0 Å². The average Bonchev–Trinajstić information content (AvgIpc) is 2.38. The summed E-state index contributed by atoms with van der Waals surface area (Å²) in [4.78, 5) is 4.90. The van der Waals surface area contributed by atoms with Gasteiger partial charge in [0, 0.05) is 51.7 Å². The second kappa shape index (κ2) is 5.39. The summed E-state index contributed by atoms with van der Waals surface area (Å²) in [5.74, 6) is 0.767. The maximum absolute atomic E-state index is 3.40. The van der Waals surface area contributed by atoms with Crippen LogP contribution < -0.4 is 5.32 Å². The van der Waals surface area contributed by atoms with Crippen LogP contribution >= 0.6 is 0 Å². The van der Waals surface area contributed by atoms with Crippen molar-refractivity contribution < 1.29 is 0 Å². The zero-order valence-electron chi connectivity index (χ0n) is 11.2. The minimum absolute atomic E-state index is 0.767. The number of nitrogens with one attached hydrogen (secondary N) is 1. The Morgan fingerprint density at radius 3 is 2.39 bits per heavy atom. The third-order valence-corrected chi connectivity index (χ3v) is 4.13. The SMILES string of the molecule is CN1CC(c2ccc(CN3CCNCC3)cc2)C1. The summed E-state index contributed by atoms with van der Waals surface area (Å²) in [6.07, 6.45) is 0. The monoisotopic (exact) mass is 245 g/mol. The molecule has 2 saturated heterocycles. The van der Waals surface area contributed by atoms with Gasteiger partial charge in [-0.25, -0.2) is 0 Å². The molecule has 0 amide bonds. The van der Waals surface area contributed by atoms with Crippen LogP contribution in [0.25, 0.3) is 0 Å². The van der Waals surface area contributed by atoms with Gasteiger partial charge in [0.05, 0.1) is 0 Å². The van der Waals surface area contributed by atoms with E-state index in [-0.39, 0.29) is 0 Å². The fraction of sp³-hybridized carbons (Fsp3) is 0.600. The highest BCUT2D eigenvalue weighted by atomic mass is 15.2. The van der Waals surface area contributed by atoms with E-state index in [2.05, 4.69) is 46.4 Å². The summed E-state index contributed by atoms with van der Waals surface area (Å²) in [5, 5.41) is 3.40. The molecule has 18 heavy (non-hydrogen) atoms. The van der Waals surface area contributed by atoms with Gasteiger partial charge in [0.2, 0.25) is 0 Å². The summed E-state index contributed by atoms with van der Waals surface area (Å²) < 4.78 is 0. The van der Waals surface area contributed by atoms with Crippen molar-refractivity contribution in [2.75, 3.05) is 46.3 Å². The molecule has 3 nitrogen and oxygen atoms in total. The first kappa shape index (κ1) is 12.2. The van der Waals surface area contributed by atoms with E-state index in [1.165, 1.54) is 37.3 Å². The van der Waals surface area contributed by atoms with Gasteiger partial charge in [-0.05, 0) is 18.2 Å². The third kappa shape index (κ3) is 2.74. The van der Waals surface area contributed by atoms with Gasteiger partial charge in [0.25, 0.3) is 0 Å². The lowest BCUT2D eigenvalue weighted by Gasteiger charge is -2.36. The Balaban J connectivity index is 1.57. The Kier molecular flexibility index (Phi) is 3.64. The van der Waals surface area contributed by atoms with Crippen molar-refractivity contribution >= 4 is 0 Å². The molecule has 0 bridgehead atoms. The van der Waals surface area contributed by atoms with Crippen molar-refractivity contribution in [3.8, 4) is 0 Å². The number of hydrogen-bond donors (Lipinski definition) is 1. The van der Waals surface area contributed by atoms with E-state index in [1.807, 2.05) is 0 Å². The molecule has 0 radical (unpaired) electrons. The normalized spacial score (nSPS) is 22.9. The van der Waals surface area contributed by atoms with Crippen molar-refractivity contribution in [3.05, 3.63) is 35.4 Å². The van der Waals surface area contributed by atoms with Gasteiger partial charge >= 0.3 is 0 Å². The Bertz CT molecular complexity index is 375. The van der Waals surface area contributed by atoms with Gasteiger partial charge in [0.15, 0.2) is 0 Å². The van der Waals surface area contributed by atoms with E-state index in [0.29, 0.717) is 0 Å². The quantitative estimate of drug-likeness (QED) is 0.861. The minimum Gasteiger partial charge on any atom is -0.314 e. The average molecular weight is 245 g/mol. The maximum Gasteiger partial charge on any atom is 0.0234 e. The van der Waals surface area contributed by atoms with Gasteiger partial charge in [-0.15, -0.1) is 0 Å². The molecular formula is C15H23N3. The van der Waals surface area contributed by atoms with Crippen LogP contribution in [0.1, 0.15) is 17.0 Å². The lowest BCUT2D eigenvalue weighted by atomic mass is 9.91. The molecule has 1 N–H and O–H groups in total. The van der Waals surface area contributed by atoms with Crippen LogP contribution in [-0.4, -0.2) is 56.1 Å². The molecule has 2 fully saturated rings. The predicted molar refractivity (Wildman–Crippen MR) is 74.8 cm³/mol. The summed E-state index contributed by atoms with van der Waals surface area (Å²) in [6.45, 7) is 8.16. The lowest BCUT2D eigenvalue weighted by molar-refractivity contribution is 0.189. The van der Waals surface area contributed by atoms with E-state index < -0.39 is 0 Å². The molecule has 0 saturated carbocycles. The molecule has 3 heteroatoms. The van der Waals surface area contributed by atoms with Gasteiger partial charge < -0.3 is 10.2 Å². The summed E-state index contributed by atoms with van der Waals surface area (Å²) >= 11 is 0. The molecule has 1 aromatic carbocycles. The number of likely N-dealkylation sites (N-methyl/N-ethyl adjacent to an activating group) is 1. The molecule has 0 atom stereocenters. The zero-order valence-corrected chi connectivity index (χ0v) is 11.2. The largest absolute Gasteiger partial charge is 0.314 e. The molecular weight excluding hydrogens is 222 g/mol. The maximum atomic E-state index is 3.40. The number of piperazine rings is 1. The molecule has 0 aliphatic carbocycles. The van der Waals surface area contributed by atoms with E-state index >= 15 is 0 Å². The number of hydrogen-bond acceptors (Lipinski definition) is 3. The van der Waals surface area contributed by atoms with Crippen LogP contribution in [0.15, 0.2) is 24.3 Å². The first-order chi connectivity index (χ1) is 8.81. The van der Waals surface area contributed by atoms with E-state index in [9.17, 15) is 0 Å². The van der Waals surface area contributed by atoms with Crippen LogP contribution in [0, 0.1) is 0 Å². The second-order valence-electron chi connectivity index (χ2n) is 5.69. The van der Waals surface area contributed by atoms with Crippen LogP contribution in [0.2, 0.25) is 0 Å². The van der Waals surface area contributed by atoms with E-state index in [0.717, 1.165) is 25.6 Å². The Morgan fingerprint density at radius 1 is 1.11 bits per heavy atom. The van der Waals surface area contributed by atoms with Crippen LogP contribution in [0.4, 0.5) is 0 Å². The number of likely N-dealkylation sites (tertiary alicyclic amines) is 1. The molecule has 3 rings (SSSR count). The van der Waals surface area contributed by atoms with Crippen molar-refractivity contribution in [1.29, 1.82) is 0 Å². The molecule has 2 aliphatic heterocycles. The highest BCUT2D eigenvalue weighted by Crippen LogP contribution is 2.25. The molecule has 0 aromatic heterocycles. The highest BCUT2D eigenvalue weighted by Gasteiger charge is 2.24. The van der Waals surface area contributed by atoms with Crippen LogP contribution in [0.5, 0.6) is 0 Å². The minimum atomic E-state index is 0.767. The topological polar surface area (TPSA) is 18.5 Å². The Labute approximate surface area is 110 Å². The van der Waals surface area contributed by atoms with Gasteiger partial charge in [-0.2, -0.15) is 0 Å². The van der Waals surface area contributed by atoms with Crippen molar-refractivity contribution in [2.24, 2.45) is 0 Å². The fourth-order valence-corrected chi connectivity index (χ4v) is 2.93. The van der Waals surface area contributed by atoms with E-state index in [4.69, 9.17) is 0 Å². The van der Waals surface area contributed by atoms with Crippen LogP contribution in [0.3, 0.4) is 0 Å². The summed E-state index contributed by atoms with van der Waals surface area (Å²) in [7, 11) is 2.19. The number of benzene rings is 1. The standard InChI is InChI=1S/C15H23N3/c1-17-11-15(12-17)14-4-2-13(3-5-14)10-18-8-6-16-7-9-18/h2-5,15-16H,6-12H2,1H3. The third-order valence-electron chi connectivity index (χ3n) is 4.13. The molecule has 2 heterocycles. The molecule has 1 aromatic rings. The van der Waals surface area contributed by atoms with Gasteiger partial charge in [-0.3, -0.25) is 4.90 Å². The molecule has 0 unspecified atom stereocenters. The van der Waals surface area contributed by atoms with Gasteiger partial charge in [-0.1, -0.05) is 24.3 Å². The van der Waals surface area contributed by atoms with E-state index in [1.54, 1.807) is 0 Å². The fourth-order valence-electron chi connectivity index (χ4n) is 2.93. The summed E-state index contributed by atoms with van der Waals surface area (Å²) in [5.41, 5.74) is 2.96. The lowest BCUT2D eigenvalue weighted by Crippen LogP contribution is -2.43. The predicted octanol–water partition coefficient (Wildman–Crippen LogP) is 1.12. The Hall–Kier alpha value is -0.900. The smallest absolute Gasteiger partial charge is 0.0234 e. The first-order valence-electron chi connectivity index (χ1n) is 7.02. The zero-order chi connectivity index (χ0) is 12.4. The van der Waals surface area contributed by atoms with Crippen molar-refractivity contribution in [1.82, 2.24) is 15.1 Å². The number of nitrogens with zero attached hydrogens (tertiary/aromatic N) is 2. The first-order valence-corrected chi connectivity index (χ1v) is 7.02. The Morgan fingerprint density at radius 2 is 1.78 bits per heavy atom. The van der Waals surface area contributed by atoms with Crippen LogP contribution in [-0.2, 0) is 6.54 Å². The van der Waals surface area contributed by atoms with Gasteiger partial charge in [0.1, 0.15) is 0 Å². The highest BCUT2D eigenvalue weighted by molar-refractivity contribution is 5.27. The second-order valence-corrected chi connectivity index (χ2v) is 5.69. The summed E-state index contributed by atoms with van der Waals surface area (Å²) in [6, 6.07) is 9.29. The number of rotatable bonds is 3. The molecule has 0 spiro atoms. The molecule has 98 valence electrons.